The molecule has 1 aromatic carbocycles. The van der Waals surface area contributed by atoms with Crippen LogP contribution in [0.1, 0.15) is 12.5 Å². The molecule has 0 saturated carbocycles. The Kier molecular flexibility index (Phi) is 7.04. The fourth-order valence-electron chi connectivity index (χ4n) is 1.34. The molecule has 0 saturated heterocycles. The highest BCUT2D eigenvalue weighted by Crippen LogP contribution is 2.47. The van der Waals surface area contributed by atoms with E-state index in [1.54, 1.807) is 12.1 Å². The number of rotatable bonds is 7. The average Bonchev–Trinajstić information content (AvgIpc) is 2.53. The van der Waals surface area contributed by atoms with E-state index in [1.165, 1.54) is 6.92 Å². The van der Waals surface area contributed by atoms with E-state index in [0.717, 1.165) is 19.8 Å². The molecule has 1 atom stereocenters. The van der Waals surface area contributed by atoms with Gasteiger partial charge in [-0.3, -0.25) is 9.05 Å². The Morgan fingerprint density at radius 2 is 1.77 bits per heavy atom. The van der Waals surface area contributed by atoms with Gasteiger partial charge in [0.25, 0.3) is 0 Å². The first kappa shape index (κ1) is 18.2. The largest absolute Gasteiger partial charge is 0.531 e. The molecule has 0 spiro atoms. The Morgan fingerprint density at radius 1 is 1.18 bits per heavy atom. The van der Waals surface area contributed by atoms with Crippen LogP contribution in [0.25, 0.3) is 0 Å². The van der Waals surface area contributed by atoms with Crippen LogP contribution in [0.4, 0.5) is 4.79 Å². The number of phosphoric acid groups is 1. The summed E-state index contributed by atoms with van der Waals surface area (Å²) >= 11 is 0. The molecule has 1 aromatic rings. The Labute approximate surface area is 128 Å². The number of amides is 1. The van der Waals surface area contributed by atoms with Gasteiger partial charge in [-0.15, -0.1) is 0 Å². The number of carbonyl (C=O) groups is 2. The third kappa shape index (κ3) is 5.85. The molecule has 122 valence electrons. The lowest BCUT2D eigenvalue weighted by atomic mass is 10.2. The van der Waals surface area contributed by atoms with Crippen molar-refractivity contribution in [2.75, 3.05) is 14.2 Å². The Bertz CT molecular complexity index is 541. The van der Waals surface area contributed by atoms with Crippen LogP contribution in [0.15, 0.2) is 30.3 Å². The zero-order chi connectivity index (χ0) is 16.6. The second-order valence-electron chi connectivity index (χ2n) is 4.15. The van der Waals surface area contributed by atoms with E-state index in [-0.39, 0.29) is 6.61 Å². The molecule has 0 bridgehead atoms. The standard InChI is InChI=1S/C13H18NO7P/c1-10(12(15)21-22(17,18-2)19-3)14-13(16)20-9-11-7-5-4-6-8-11/h4-8,10H,9H2,1-3H3,(H,14,16). The third-order valence-electron chi connectivity index (χ3n) is 2.55. The molecule has 1 rings (SSSR count). The van der Waals surface area contributed by atoms with Crippen molar-refractivity contribution in [3.8, 4) is 0 Å². The molecule has 1 unspecified atom stereocenters. The SMILES string of the molecule is COP(=O)(OC)OC(=O)C(C)NC(=O)OCc1ccccc1. The molecule has 22 heavy (non-hydrogen) atoms. The number of carbonyl (C=O) groups excluding carboxylic acids is 2. The lowest BCUT2D eigenvalue weighted by molar-refractivity contribution is -0.137. The summed E-state index contributed by atoms with van der Waals surface area (Å²) in [6.07, 6.45) is -0.807. The van der Waals surface area contributed by atoms with Gasteiger partial charge in [-0.05, 0) is 12.5 Å². The molecular weight excluding hydrogens is 313 g/mol. The number of ether oxygens (including phenoxy) is 1. The highest BCUT2D eigenvalue weighted by atomic mass is 31.2. The van der Waals surface area contributed by atoms with E-state index in [2.05, 4.69) is 18.9 Å². The Hall–Kier alpha value is -1.89. The molecule has 8 nitrogen and oxygen atoms in total. The minimum atomic E-state index is -3.94. The molecule has 0 heterocycles. The zero-order valence-electron chi connectivity index (χ0n) is 12.5. The van der Waals surface area contributed by atoms with Gasteiger partial charge < -0.3 is 14.6 Å². The normalized spacial score (nSPS) is 12.3. The quantitative estimate of drug-likeness (QED) is 0.765. The van der Waals surface area contributed by atoms with Crippen LogP contribution in [0, 0.1) is 0 Å². The fraction of sp³-hybridized carbons (Fsp3) is 0.385. The van der Waals surface area contributed by atoms with Gasteiger partial charge in [-0.2, -0.15) is 0 Å². The lowest BCUT2D eigenvalue weighted by Crippen LogP contribution is -2.39. The highest BCUT2D eigenvalue weighted by molar-refractivity contribution is 7.49. The Morgan fingerprint density at radius 3 is 2.32 bits per heavy atom. The average molecular weight is 331 g/mol. The number of phosphoric ester groups is 1. The number of benzene rings is 1. The maximum atomic E-state index is 11.7. The van der Waals surface area contributed by atoms with E-state index in [1.807, 2.05) is 18.2 Å². The maximum absolute atomic E-state index is 11.7. The van der Waals surface area contributed by atoms with Gasteiger partial charge in [0, 0.05) is 14.2 Å². The lowest BCUT2D eigenvalue weighted by Gasteiger charge is -2.17. The number of hydrogen-bond acceptors (Lipinski definition) is 7. The number of nitrogens with one attached hydrogen (secondary N) is 1. The van der Waals surface area contributed by atoms with Crippen molar-refractivity contribution in [2.24, 2.45) is 0 Å². The second kappa shape index (κ2) is 8.53. The summed E-state index contributed by atoms with van der Waals surface area (Å²) in [5, 5.41) is 2.25. The van der Waals surface area contributed by atoms with Gasteiger partial charge in [-0.25, -0.2) is 14.2 Å². The predicted octanol–water partition coefficient (Wildman–Crippen LogP) is 2.25. The minimum Gasteiger partial charge on any atom is -0.445 e. The van der Waals surface area contributed by atoms with Gasteiger partial charge in [0.2, 0.25) is 0 Å². The smallest absolute Gasteiger partial charge is 0.445 e. The summed E-state index contributed by atoms with van der Waals surface area (Å²) < 4.78 is 30.1. The topological polar surface area (TPSA) is 100 Å². The van der Waals surface area contributed by atoms with Crippen LogP contribution in [-0.2, 0) is 34.3 Å². The first-order valence-electron chi connectivity index (χ1n) is 6.32. The summed E-state index contributed by atoms with van der Waals surface area (Å²) in [4.78, 5) is 23.2. The van der Waals surface area contributed by atoms with E-state index < -0.39 is 25.9 Å². The van der Waals surface area contributed by atoms with Gasteiger partial charge >= 0.3 is 19.9 Å². The molecule has 1 amide bonds. The summed E-state index contributed by atoms with van der Waals surface area (Å²) in [7, 11) is -1.79. The maximum Gasteiger partial charge on any atom is 0.531 e. The fourth-order valence-corrected chi connectivity index (χ4v) is 2.02. The van der Waals surface area contributed by atoms with Crippen molar-refractivity contribution in [1.82, 2.24) is 5.32 Å². The van der Waals surface area contributed by atoms with Crippen LogP contribution >= 0.6 is 7.82 Å². The molecule has 1 N–H and O–H groups in total. The zero-order valence-corrected chi connectivity index (χ0v) is 13.4. The molecular formula is C13H18NO7P. The van der Waals surface area contributed by atoms with Gasteiger partial charge in [0.1, 0.15) is 12.6 Å². The van der Waals surface area contributed by atoms with Crippen molar-refractivity contribution >= 4 is 19.9 Å². The molecule has 0 aromatic heterocycles. The van der Waals surface area contributed by atoms with Crippen LogP contribution in [-0.4, -0.2) is 32.3 Å². The van der Waals surface area contributed by atoms with Crippen LogP contribution in [0.2, 0.25) is 0 Å². The first-order chi connectivity index (χ1) is 10.4. The molecule has 0 radical (unpaired) electrons. The molecule has 0 aliphatic carbocycles. The predicted molar refractivity (Wildman–Crippen MR) is 76.9 cm³/mol. The molecule has 0 aliphatic heterocycles. The van der Waals surface area contributed by atoms with Crippen LogP contribution in [0.3, 0.4) is 0 Å². The van der Waals surface area contributed by atoms with Gasteiger partial charge in [0.05, 0.1) is 0 Å². The number of alkyl carbamates (subject to hydrolysis) is 1. The van der Waals surface area contributed by atoms with E-state index >= 15 is 0 Å². The Balaban J connectivity index is 2.43. The van der Waals surface area contributed by atoms with E-state index in [4.69, 9.17) is 4.74 Å². The van der Waals surface area contributed by atoms with Crippen molar-refractivity contribution in [3.63, 3.8) is 0 Å². The number of hydrogen-bond donors (Lipinski definition) is 1. The van der Waals surface area contributed by atoms with Crippen LogP contribution < -0.4 is 5.32 Å². The highest BCUT2D eigenvalue weighted by Gasteiger charge is 2.31. The summed E-state index contributed by atoms with van der Waals surface area (Å²) in [6, 6.07) is 7.96. The minimum absolute atomic E-state index is 0.0586. The summed E-state index contributed by atoms with van der Waals surface area (Å²) in [5.41, 5.74) is 0.802. The molecule has 9 heteroatoms. The molecule has 0 aliphatic rings. The monoisotopic (exact) mass is 331 g/mol. The first-order valence-corrected chi connectivity index (χ1v) is 7.78. The van der Waals surface area contributed by atoms with E-state index in [9.17, 15) is 14.2 Å². The van der Waals surface area contributed by atoms with Crippen molar-refractivity contribution < 1.29 is 32.5 Å². The summed E-state index contributed by atoms with van der Waals surface area (Å²) in [6.45, 7) is 1.41. The third-order valence-corrected chi connectivity index (χ3v) is 3.85. The molecule has 0 fully saturated rings. The van der Waals surface area contributed by atoms with Crippen molar-refractivity contribution in [1.29, 1.82) is 0 Å². The van der Waals surface area contributed by atoms with Crippen LogP contribution in [0.5, 0.6) is 0 Å². The van der Waals surface area contributed by atoms with Crippen molar-refractivity contribution in [2.45, 2.75) is 19.6 Å². The van der Waals surface area contributed by atoms with Gasteiger partial charge in [-0.1, -0.05) is 30.3 Å². The second-order valence-corrected chi connectivity index (χ2v) is 5.96. The van der Waals surface area contributed by atoms with E-state index in [0.29, 0.717) is 0 Å². The van der Waals surface area contributed by atoms with Gasteiger partial charge in [0.15, 0.2) is 0 Å². The van der Waals surface area contributed by atoms with Crippen molar-refractivity contribution in [3.05, 3.63) is 35.9 Å². The summed E-state index contributed by atoms with van der Waals surface area (Å²) in [5.74, 6) is -0.969.